The second kappa shape index (κ2) is 13.2. The van der Waals surface area contributed by atoms with Crippen LogP contribution < -0.4 is 4.90 Å². The molecule has 0 N–H and O–H groups in total. The monoisotopic (exact) mass is 757 g/mol. The van der Waals surface area contributed by atoms with Gasteiger partial charge in [0.05, 0.1) is 31.7 Å². The number of hydrogen-bond donors (Lipinski definition) is 0. The maximum atomic E-state index is 10.3. The van der Waals surface area contributed by atoms with Gasteiger partial charge in [0.25, 0.3) is 0 Å². The van der Waals surface area contributed by atoms with Gasteiger partial charge in [-0.05, 0) is 110 Å². The van der Waals surface area contributed by atoms with Crippen molar-refractivity contribution in [3.63, 3.8) is 0 Å². The summed E-state index contributed by atoms with van der Waals surface area (Å²) in [6, 6.07) is 61.5. The molecular weight excluding hydrogens is 713 g/mol. The normalized spacial score (nSPS) is 16.2. The molecule has 0 bridgehead atoms. The van der Waals surface area contributed by atoms with Crippen molar-refractivity contribution >= 4 is 60.4 Å². The molecule has 59 heavy (non-hydrogen) atoms. The summed E-state index contributed by atoms with van der Waals surface area (Å²) in [7, 11) is 0. The van der Waals surface area contributed by atoms with E-state index >= 15 is 0 Å². The highest BCUT2D eigenvalue weighted by Crippen LogP contribution is 2.59. The third-order valence-electron chi connectivity index (χ3n) is 12.0. The number of nitrogens with zero attached hydrogens (tertiary/aromatic N) is 2. The Kier molecular flexibility index (Phi) is 6.05. The molecule has 1 aliphatic carbocycles. The van der Waals surface area contributed by atoms with Crippen molar-refractivity contribution in [1.29, 1.82) is 0 Å². The first kappa shape index (κ1) is 27.0. The molecule has 1 unspecified atom stereocenters. The maximum absolute atomic E-state index is 10.3. The fourth-order valence-corrected chi connectivity index (χ4v) is 9.67. The van der Waals surface area contributed by atoms with Crippen molar-refractivity contribution in [3.05, 3.63) is 253 Å². The summed E-state index contributed by atoms with van der Waals surface area (Å²) in [6.07, 6.45) is 0. The van der Waals surface area contributed by atoms with Crippen LogP contribution in [0.15, 0.2) is 230 Å². The molecule has 12 rings (SSSR count). The van der Waals surface area contributed by atoms with Crippen molar-refractivity contribution in [2.45, 2.75) is 5.41 Å². The molecule has 0 saturated carbocycles. The molecule has 0 amide bonds. The van der Waals surface area contributed by atoms with E-state index in [4.69, 9.17) is 4.11 Å². The summed E-state index contributed by atoms with van der Waals surface area (Å²) in [6.45, 7) is 0. The average molecular weight is 758 g/mol. The lowest BCUT2D eigenvalue weighted by atomic mass is 9.66. The van der Waals surface area contributed by atoms with Gasteiger partial charge >= 0.3 is 0 Å². The van der Waals surface area contributed by atoms with Crippen LogP contribution in [0.25, 0.3) is 60.2 Å². The van der Waals surface area contributed by atoms with Gasteiger partial charge in [0, 0.05) is 33.2 Å². The van der Waals surface area contributed by atoms with E-state index < -0.39 is 29.6 Å². The number of fused-ring (bicyclic) bond motifs is 8. The molecule has 1 aromatic heterocycles. The zero-order valence-corrected chi connectivity index (χ0v) is 31.8. The molecule has 1 heterocycles. The molecule has 0 saturated heterocycles. The van der Waals surface area contributed by atoms with Gasteiger partial charge in [-0.2, -0.15) is 0 Å². The molecule has 1 atom stereocenters. The predicted octanol–water partition coefficient (Wildman–Crippen LogP) is 14.9. The zero-order chi connectivity index (χ0) is 45.0. The van der Waals surface area contributed by atoms with Gasteiger partial charge in [0.15, 0.2) is 0 Å². The van der Waals surface area contributed by atoms with Crippen LogP contribution >= 0.6 is 0 Å². The van der Waals surface area contributed by atoms with Crippen LogP contribution in [-0.2, 0) is 5.41 Å². The highest BCUT2D eigenvalue weighted by atomic mass is 15.1. The highest BCUT2D eigenvalue weighted by molar-refractivity contribution is 6.13. The largest absolute Gasteiger partial charge is 0.310 e. The van der Waals surface area contributed by atoms with E-state index in [9.17, 15) is 5.48 Å². The van der Waals surface area contributed by atoms with E-state index in [0.29, 0.717) is 0 Å². The van der Waals surface area contributed by atoms with Crippen LogP contribution in [0.1, 0.15) is 31.8 Å². The Labute approximate surface area is 353 Å². The van der Waals surface area contributed by atoms with Gasteiger partial charge in [-0.25, -0.2) is 0 Å². The number of aromatic nitrogens is 1. The number of para-hydroxylation sites is 3. The maximum Gasteiger partial charge on any atom is 0.0720 e. The van der Waals surface area contributed by atoms with Crippen molar-refractivity contribution in [1.82, 2.24) is 4.57 Å². The third-order valence-corrected chi connectivity index (χ3v) is 12.0. The van der Waals surface area contributed by atoms with Crippen molar-refractivity contribution in [2.24, 2.45) is 0 Å². The van der Waals surface area contributed by atoms with Gasteiger partial charge < -0.3 is 9.47 Å². The van der Waals surface area contributed by atoms with Gasteiger partial charge in [0.1, 0.15) is 0 Å². The molecule has 2 nitrogen and oxygen atoms in total. The zero-order valence-electron chi connectivity index (χ0n) is 38.8. The van der Waals surface area contributed by atoms with E-state index in [0.717, 1.165) is 83.1 Å². The minimum Gasteiger partial charge on any atom is -0.310 e. The van der Waals surface area contributed by atoms with E-state index in [2.05, 4.69) is 125 Å². The van der Waals surface area contributed by atoms with Crippen LogP contribution in [0.2, 0.25) is 0 Å². The smallest absolute Gasteiger partial charge is 0.0720 e. The minimum absolute atomic E-state index is 0.0796. The van der Waals surface area contributed by atoms with Crippen LogP contribution in [0.4, 0.5) is 17.1 Å². The molecule has 0 spiro atoms. The number of benzene rings is 10. The molecule has 276 valence electrons. The minimum atomic E-state index is -1.43. The molecule has 10 aromatic carbocycles. The molecule has 11 aromatic rings. The van der Waals surface area contributed by atoms with Crippen molar-refractivity contribution < 1.29 is 9.60 Å². The first-order valence-corrected chi connectivity index (χ1v) is 19.9. The summed E-state index contributed by atoms with van der Waals surface area (Å²) in [5.74, 6) is 0. The third kappa shape index (κ3) is 4.93. The van der Waals surface area contributed by atoms with Gasteiger partial charge in [0.2, 0.25) is 0 Å². The fraction of sp³-hybridized carbons (Fsp3) is 0.0175. The lowest BCUT2D eigenvalue weighted by Gasteiger charge is -2.35. The Bertz CT molecular complexity index is 3800. The lowest BCUT2D eigenvalue weighted by molar-refractivity contribution is 0.778. The van der Waals surface area contributed by atoms with Gasteiger partial charge in [-0.15, -0.1) is 0 Å². The van der Waals surface area contributed by atoms with Crippen LogP contribution in [0.5, 0.6) is 0 Å². The average Bonchev–Trinajstić information content (AvgIpc) is 3.85. The summed E-state index contributed by atoms with van der Waals surface area (Å²) in [5.41, 5.74) is 8.65. The van der Waals surface area contributed by atoms with E-state index in [1.54, 1.807) is 0 Å². The lowest BCUT2D eigenvalue weighted by Crippen LogP contribution is -2.29. The van der Waals surface area contributed by atoms with Crippen LogP contribution in [-0.4, -0.2) is 4.57 Å². The molecule has 1 aliphatic rings. The van der Waals surface area contributed by atoms with Crippen molar-refractivity contribution in [3.8, 4) is 16.8 Å². The SMILES string of the molecule is [2H]c1c([2H])c([2H])c2c([2H])c(C3(c4cccc5c4c4ccccc4n5-c4ccccc4)c4ccccc4-c4cc(N(c5ccccc5)c5cccc6ccccc56)ccc43)c([2H])c([2H])c2c1[2H]. The molecule has 0 radical (unpaired) electrons. The first-order chi connectivity index (χ1) is 32.2. The van der Waals surface area contributed by atoms with Crippen LogP contribution in [0, 0.1) is 0 Å². The summed E-state index contributed by atoms with van der Waals surface area (Å²) >= 11 is 0. The molecule has 0 fully saturated rings. The second-order valence-corrected chi connectivity index (χ2v) is 15.1. The molecular formula is C57H38N2. The fourth-order valence-electron chi connectivity index (χ4n) is 9.67. The number of anilines is 3. The van der Waals surface area contributed by atoms with E-state index in [1.807, 2.05) is 72.8 Å². The second-order valence-electron chi connectivity index (χ2n) is 15.1. The number of rotatable bonds is 6. The Balaban J connectivity index is 1.26. The molecule has 0 aliphatic heterocycles. The van der Waals surface area contributed by atoms with Gasteiger partial charge in [-0.1, -0.05) is 170 Å². The standard InChI is InChI=1S/C57H38N2/c1-3-21-43(22-4-1)58(53-31-15-20-40-18-9-10-25-46(40)53)45-35-36-51-49(38-45)47-26-11-13-28-50(47)57(51,42-34-33-39-17-7-8-19-41(39)37-42)52-29-16-32-55-56(52)48-27-12-14-30-54(48)59(55)44-23-5-2-6-24-44/h1-38H/i7D,8D,17D,19D,33D,34D,37D. The Hall–Kier alpha value is -7.68. The van der Waals surface area contributed by atoms with E-state index in [1.165, 1.54) is 0 Å². The molecule has 2 heteroatoms. The Morgan fingerprint density at radius 1 is 0.441 bits per heavy atom. The number of hydrogen-bond acceptors (Lipinski definition) is 1. The highest BCUT2D eigenvalue weighted by Gasteiger charge is 2.47. The predicted molar refractivity (Wildman–Crippen MR) is 248 cm³/mol. The van der Waals surface area contributed by atoms with Crippen LogP contribution in [0.3, 0.4) is 0 Å². The Morgan fingerprint density at radius 3 is 1.98 bits per heavy atom. The van der Waals surface area contributed by atoms with Crippen molar-refractivity contribution in [2.75, 3.05) is 4.90 Å². The van der Waals surface area contributed by atoms with E-state index in [-0.39, 0.29) is 34.5 Å². The summed E-state index contributed by atoms with van der Waals surface area (Å²) in [5, 5.41) is 3.85. The summed E-state index contributed by atoms with van der Waals surface area (Å²) < 4.78 is 67.7. The van der Waals surface area contributed by atoms with Gasteiger partial charge in [-0.3, -0.25) is 0 Å². The first-order valence-electron chi connectivity index (χ1n) is 23.4. The topological polar surface area (TPSA) is 8.17 Å². The summed E-state index contributed by atoms with van der Waals surface area (Å²) in [4.78, 5) is 2.26. The quantitative estimate of drug-likeness (QED) is 0.164. The Morgan fingerprint density at radius 2 is 1.10 bits per heavy atom.